The lowest BCUT2D eigenvalue weighted by Gasteiger charge is -2.18. The van der Waals surface area contributed by atoms with Crippen molar-refractivity contribution in [2.24, 2.45) is 11.8 Å². The molecule has 1 aromatic carbocycles. The highest BCUT2D eigenvalue weighted by Crippen LogP contribution is 2.41. The van der Waals surface area contributed by atoms with E-state index < -0.39 is 11.9 Å². The van der Waals surface area contributed by atoms with Crippen molar-refractivity contribution in [2.75, 3.05) is 7.11 Å². The molecule has 1 saturated carbocycles. The zero-order valence-electron chi connectivity index (χ0n) is 10.1. The summed E-state index contributed by atoms with van der Waals surface area (Å²) in [5.41, 5.74) is 1.12. The van der Waals surface area contributed by atoms with Crippen molar-refractivity contribution in [2.45, 2.75) is 19.3 Å². The number of hydrogen-bond acceptors (Lipinski definition) is 3. The second kappa shape index (κ2) is 4.70. The summed E-state index contributed by atoms with van der Waals surface area (Å²) in [6.07, 6.45) is 0.435. The third-order valence-corrected chi connectivity index (χ3v) is 3.61. The Balaban J connectivity index is 2.24. The van der Waals surface area contributed by atoms with Gasteiger partial charge in [-0.25, -0.2) is 0 Å². The maximum atomic E-state index is 11.9. The van der Waals surface area contributed by atoms with Crippen LogP contribution in [0.25, 0.3) is 0 Å². The van der Waals surface area contributed by atoms with Crippen LogP contribution in [-0.2, 0) is 14.3 Å². The largest absolute Gasteiger partial charge is 0.468 e. The van der Waals surface area contributed by atoms with Gasteiger partial charge in [-0.15, -0.1) is 0 Å². The molecule has 0 spiro atoms. The molecule has 0 saturated heterocycles. The van der Waals surface area contributed by atoms with Crippen molar-refractivity contribution in [1.82, 2.24) is 0 Å². The van der Waals surface area contributed by atoms with Gasteiger partial charge >= 0.3 is 5.97 Å². The molecule has 0 heterocycles. The molecule has 0 amide bonds. The van der Waals surface area contributed by atoms with E-state index in [0.29, 0.717) is 6.42 Å². The van der Waals surface area contributed by atoms with Crippen molar-refractivity contribution in [3.8, 4) is 0 Å². The summed E-state index contributed by atoms with van der Waals surface area (Å²) in [6.45, 7) is 1.95. The monoisotopic (exact) mass is 232 g/mol. The number of hydrogen-bond donors (Lipinski definition) is 0. The standard InChI is InChI=1S/C14H16O3/c1-9-11(10-6-4-3-5-7-10)8-12(15)13(9)14(16)17-2/h3-7,9,11,13H,8H2,1-2H3/t9-,11+,13+/m0/s1. The lowest BCUT2D eigenvalue weighted by molar-refractivity contribution is -0.149. The lowest BCUT2D eigenvalue weighted by atomic mass is 9.86. The molecule has 1 aliphatic carbocycles. The molecule has 0 aromatic heterocycles. The highest BCUT2D eigenvalue weighted by Gasteiger charge is 2.44. The van der Waals surface area contributed by atoms with Crippen molar-refractivity contribution in [3.05, 3.63) is 35.9 Å². The molecule has 0 radical (unpaired) electrons. The van der Waals surface area contributed by atoms with Gasteiger partial charge in [0.15, 0.2) is 0 Å². The van der Waals surface area contributed by atoms with E-state index in [9.17, 15) is 9.59 Å². The topological polar surface area (TPSA) is 43.4 Å². The first-order valence-corrected chi connectivity index (χ1v) is 5.80. The average molecular weight is 232 g/mol. The van der Waals surface area contributed by atoms with E-state index in [4.69, 9.17) is 4.74 Å². The van der Waals surface area contributed by atoms with Crippen LogP contribution in [0.2, 0.25) is 0 Å². The summed E-state index contributed by atoms with van der Waals surface area (Å²) < 4.78 is 4.70. The van der Waals surface area contributed by atoms with Crippen LogP contribution in [0.1, 0.15) is 24.8 Å². The normalized spacial score (nSPS) is 28.1. The molecule has 17 heavy (non-hydrogen) atoms. The third-order valence-electron chi connectivity index (χ3n) is 3.61. The van der Waals surface area contributed by atoms with Crippen LogP contribution in [0, 0.1) is 11.8 Å². The van der Waals surface area contributed by atoms with Crippen LogP contribution in [0.3, 0.4) is 0 Å². The molecule has 0 aliphatic heterocycles. The van der Waals surface area contributed by atoms with E-state index in [2.05, 4.69) is 0 Å². The maximum Gasteiger partial charge on any atom is 0.316 e. The number of carbonyl (C=O) groups excluding carboxylic acids is 2. The average Bonchev–Trinajstić information content (AvgIpc) is 2.65. The third kappa shape index (κ3) is 2.09. The van der Waals surface area contributed by atoms with E-state index in [1.54, 1.807) is 0 Å². The molecule has 2 rings (SSSR count). The van der Waals surface area contributed by atoms with Crippen LogP contribution < -0.4 is 0 Å². The van der Waals surface area contributed by atoms with E-state index in [1.807, 2.05) is 37.3 Å². The van der Waals surface area contributed by atoms with Crippen molar-refractivity contribution < 1.29 is 14.3 Å². The molecule has 3 heteroatoms. The predicted molar refractivity (Wildman–Crippen MR) is 63.5 cm³/mol. The number of carbonyl (C=O) groups is 2. The Labute approximate surface area is 101 Å². The van der Waals surface area contributed by atoms with Gasteiger partial charge < -0.3 is 4.74 Å². The minimum Gasteiger partial charge on any atom is -0.468 e. The molecular formula is C14H16O3. The minimum atomic E-state index is -0.592. The molecule has 0 bridgehead atoms. The second-order valence-corrected chi connectivity index (χ2v) is 4.55. The van der Waals surface area contributed by atoms with Crippen LogP contribution in [-0.4, -0.2) is 18.9 Å². The van der Waals surface area contributed by atoms with Gasteiger partial charge in [-0.3, -0.25) is 9.59 Å². The van der Waals surface area contributed by atoms with Gasteiger partial charge in [-0.1, -0.05) is 37.3 Å². The van der Waals surface area contributed by atoms with Crippen LogP contribution >= 0.6 is 0 Å². The number of benzene rings is 1. The van der Waals surface area contributed by atoms with Crippen LogP contribution in [0.5, 0.6) is 0 Å². The number of esters is 1. The van der Waals surface area contributed by atoms with E-state index >= 15 is 0 Å². The second-order valence-electron chi connectivity index (χ2n) is 4.55. The summed E-state index contributed by atoms with van der Waals surface area (Å²) in [6, 6.07) is 9.88. The Kier molecular flexibility index (Phi) is 3.27. The first-order chi connectivity index (χ1) is 8.15. The van der Waals surface area contributed by atoms with Gasteiger partial charge in [0.2, 0.25) is 0 Å². The van der Waals surface area contributed by atoms with E-state index in [1.165, 1.54) is 7.11 Å². The molecule has 3 nitrogen and oxygen atoms in total. The van der Waals surface area contributed by atoms with Crippen LogP contribution in [0.15, 0.2) is 30.3 Å². The molecule has 90 valence electrons. The quantitative estimate of drug-likeness (QED) is 0.579. The molecule has 0 N–H and O–H groups in total. The Morgan fingerprint density at radius 1 is 1.29 bits per heavy atom. The fraction of sp³-hybridized carbons (Fsp3) is 0.429. The maximum absolute atomic E-state index is 11.9. The molecule has 1 aliphatic rings. The Hall–Kier alpha value is -1.64. The number of ether oxygens (including phenoxy) is 1. The van der Waals surface area contributed by atoms with Crippen molar-refractivity contribution in [1.29, 1.82) is 0 Å². The fourth-order valence-electron chi connectivity index (χ4n) is 2.65. The lowest BCUT2D eigenvalue weighted by Crippen LogP contribution is -2.25. The Morgan fingerprint density at radius 2 is 1.94 bits per heavy atom. The highest BCUT2D eigenvalue weighted by atomic mass is 16.5. The zero-order chi connectivity index (χ0) is 12.4. The van der Waals surface area contributed by atoms with E-state index in [0.717, 1.165) is 5.56 Å². The van der Waals surface area contributed by atoms with Gasteiger partial charge in [0, 0.05) is 6.42 Å². The number of rotatable bonds is 2. The van der Waals surface area contributed by atoms with Gasteiger partial charge in [0.05, 0.1) is 7.11 Å². The number of methoxy groups -OCH3 is 1. The molecule has 0 unspecified atom stereocenters. The SMILES string of the molecule is COC(=O)[C@H]1C(=O)C[C@@H](c2ccccc2)[C@@H]1C. The highest BCUT2D eigenvalue weighted by molar-refractivity contribution is 6.01. The Bertz CT molecular complexity index is 424. The predicted octanol–water partition coefficient (Wildman–Crippen LogP) is 2.17. The fourth-order valence-corrected chi connectivity index (χ4v) is 2.65. The Morgan fingerprint density at radius 3 is 2.53 bits per heavy atom. The van der Waals surface area contributed by atoms with Gasteiger partial charge in [0.1, 0.15) is 11.7 Å². The minimum absolute atomic E-state index is 0.00166. The first kappa shape index (κ1) is 11.8. The summed E-state index contributed by atoms with van der Waals surface area (Å²) in [5, 5.41) is 0. The summed E-state index contributed by atoms with van der Waals surface area (Å²) in [7, 11) is 1.33. The van der Waals surface area contributed by atoms with Gasteiger partial charge in [-0.2, -0.15) is 0 Å². The molecule has 1 fully saturated rings. The zero-order valence-corrected chi connectivity index (χ0v) is 10.1. The van der Waals surface area contributed by atoms with Crippen molar-refractivity contribution >= 4 is 11.8 Å². The van der Waals surface area contributed by atoms with Gasteiger partial charge in [0.25, 0.3) is 0 Å². The smallest absolute Gasteiger partial charge is 0.316 e. The summed E-state index contributed by atoms with van der Waals surface area (Å²) >= 11 is 0. The number of ketones is 1. The van der Waals surface area contributed by atoms with Crippen LogP contribution in [0.4, 0.5) is 0 Å². The molecule has 3 atom stereocenters. The molecular weight excluding hydrogens is 216 g/mol. The molecule has 1 aromatic rings. The van der Waals surface area contributed by atoms with Crippen molar-refractivity contribution in [3.63, 3.8) is 0 Å². The van der Waals surface area contributed by atoms with E-state index in [-0.39, 0.29) is 17.6 Å². The summed E-state index contributed by atoms with van der Waals surface area (Å²) in [4.78, 5) is 23.4. The summed E-state index contributed by atoms with van der Waals surface area (Å²) in [5.74, 6) is -0.852. The number of Topliss-reactive ketones (excluding diaryl/α,β-unsaturated/α-hetero) is 1. The van der Waals surface area contributed by atoms with Gasteiger partial charge in [-0.05, 0) is 17.4 Å². The first-order valence-electron chi connectivity index (χ1n) is 5.80.